The summed E-state index contributed by atoms with van der Waals surface area (Å²) in [5.74, 6) is -0.631. The quantitative estimate of drug-likeness (QED) is 0.513. The molecule has 0 saturated carbocycles. The first-order chi connectivity index (χ1) is 14.2. The van der Waals surface area contributed by atoms with Crippen LogP contribution in [0.4, 0.5) is 11.6 Å². The van der Waals surface area contributed by atoms with Crippen LogP contribution in [0.2, 0.25) is 0 Å². The van der Waals surface area contributed by atoms with Gasteiger partial charge in [-0.05, 0) is 41.8 Å². The van der Waals surface area contributed by atoms with Crippen molar-refractivity contribution in [3.63, 3.8) is 0 Å². The number of carbonyl (C=O) groups is 1. The zero-order valence-electron chi connectivity index (χ0n) is 15.6. The summed E-state index contributed by atoms with van der Waals surface area (Å²) in [4.78, 5) is 19.8. The standard InChI is InChI=1S/C17H17N5O5S3/c1-22(30(26,27)16-4-2-11-28-16)12-15(23)20-13-5-7-14(8-6-13)29(24,25)21-17-18-9-3-10-19-17/h2-11H,12H2,1H3,(H,20,23)(H,18,19,21). The number of benzene rings is 1. The van der Waals surface area contributed by atoms with Crippen molar-refractivity contribution in [2.75, 3.05) is 23.6 Å². The average molecular weight is 468 g/mol. The third-order valence-electron chi connectivity index (χ3n) is 3.77. The summed E-state index contributed by atoms with van der Waals surface area (Å²) in [6, 6.07) is 10.0. The second-order valence-corrected chi connectivity index (χ2v) is 10.8. The second kappa shape index (κ2) is 8.87. The third-order valence-corrected chi connectivity index (χ3v) is 8.29. The highest BCUT2D eigenvalue weighted by Gasteiger charge is 2.24. The van der Waals surface area contributed by atoms with Crippen molar-refractivity contribution < 1.29 is 21.6 Å². The Balaban J connectivity index is 1.63. The van der Waals surface area contributed by atoms with Crippen LogP contribution in [0.15, 0.2) is 69.3 Å². The molecule has 3 rings (SSSR count). The highest BCUT2D eigenvalue weighted by atomic mass is 32.2. The molecular weight excluding hydrogens is 450 g/mol. The summed E-state index contributed by atoms with van der Waals surface area (Å²) in [6.07, 6.45) is 2.80. The zero-order chi connectivity index (χ0) is 21.8. The average Bonchev–Trinajstić information content (AvgIpc) is 3.24. The van der Waals surface area contributed by atoms with Gasteiger partial charge in [0.15, 0.2) is 0 Å². The second-order valence-electron chi connectivity index (χ2n) is 5.94. The fourth-order valence-corrected chi connectivity index (χ4v) is 5.59. The topological polar surface area (TPSA) is 138 Å². The van der Waals surface area contributed by atoms with Gasteiger partial charge in [0, 0.05) is 25.1 Å². The molecule has 158 valence electrons. The molecule has 0 aliphatic carbocycles. The fourth-order valence-electron chi connectivity index (χ4n) is 2.30. The molecule has 3 aromatic rings. The first kappa shape index (κ1) is 21.8. The van der Waals surface area contributed by atoms with Gasteiger partial charge in [-0.1, -0.05) is 6.07 Å². The van der Waals surface area contributed by atoms with Crippen molar-refractivity contribution in [3.05, 3.63) is 60.2 Å². The molecule has 10 nitrogen and oxygen atoms in total. The van der Waals surface area contributed by atoms with Gasteiger partial charge in [-0.3, -0.25) is 4.79 Å². The number of amides is 1. The van der Waals surface area contributed by atoms with Gasteiger partial charge >= 0.3 is 0 Å². The van der Waals surface area contributed by atoms with Crippen molar-refractivity contribution >= 4 is 48.9 Å². The number of carbonyl (C=O) groups excluding carboxylic acids is 1. The molecule has 0 atom stereocenters. The molecule has 0 aliphatic rings. The van der Waals surface area contributed by atoms with Crippen LogP contribution >= 0.6 is 11.3 Å². The van der Waals surface area contributed by atoms with E-state index >= 15 is 0 Å². The Kier molecular flexibility index (Phi) is 6.45. The van der Waals surface area contributed by atoms with E-state index in [1.54, 1.807) is 17.5 Å². The lowest BCUT2D eigenvalue weighted by Gasteiger charge is -2.15. The minimum atomic E-state index is -3.90. The lowest BCUT2D eigenvalue weighted by Crippen LogP contribution is -2.34. The normalized spacial score (nSPS) is 11.9. The highest BCUT2D eigenvalue weighted by molar-refractivity contribution is 7.92. The van der Waals surface area contributed by atoms with E-state index in [1.165, 1.54) is 49.8 Å². The van der Waals surface area contributed by atoms with Gasteiger partial charge < -0.3 is 5.32 Å². The first-order valence-electron chi connectivity index (χ1n) is 8.38. The number of hydrogen-bond acceptors (Lipinski definition) is 8. The Morgan fingerprint density at radius 2 is 1.70 bits per heavy atom. The van der Waals surface area contributed by atoms with Gasteiger partial charge in [-0.15, -0.1) is 11.3 Å². The smallest absolute Gasteiger partial charge is 0.264 e. The van der Waals surface area contributed by atoms with Crippen LogP contribution in [-0.4, -0.2) is 50.6 Å². The SMILES string of the molecule is CN(CC(=O)Nc1ccc(S(=O)(=O)Nc2ncccn2)cc1)S(=O)(=O)c1cccs1. The summed E-state index contributed by atoms with van der Waals surface area (Å²) in [5, 5.41) is 4.17. The number of sulfonamides is 2. The van der Waals surface area contributed by atoms with Gasteiger partial charge in [0.25, 0.3) is 20.0 Å². The minimum absolute atomic E-state index is 0.0506. The molecule has 1 amide bonds. The molecular formula is C17H17N5O5S3. The Morgan fingerprint density at radius 3 is 2.30 bits per heavy atom. The number of hydrogen-bond donors (Lipinski definition) is 2. The molecule has 0 fully saturated rings. The predicted octanol–water partition coefficient (Wildman–Crippen LogP) is 1.60. The molecule has 30 heavy (non-hydrogen) atoms. The molecule has 0 spiro atoms. The van der Waals surface area contributed by atoms with Gasteiger partial charge in [0.1, 0.15) is 4.21 Å². The van der Waals surface area contributed by atoms with Crippen molar-refractivity contribution in [2.24, 2.45) is 0 Å². The number of nitrogens with one attached hydrogen (secondary N) is 2. The summed E-state index contributed by atoms with van der Waals surface area (Å²) >= 11 is 1.06. The highest BCUT2D eigenvalue weighted by Crippen LogP contribution is 2.20. The Hall–Kier alpha value is -2.87. The number of likely N-dealkylation sites (N-methyl/N-ethyl adjacent to an activating group) is 1. The number of aromatic nitrogens is 2. The predicted molar refractivity (Wildman–Crippen MR) is 112 cm³/mol. The van der Waals surface area contributed by atoms with Crippen LogP contribution in [0.3, 0.4) is 0 Å². The van der Waals surface area contributed by atoms with Crippen LogP contribution in [0.5, 0.6) is 0 Å². The molecule has 2 heterocycles. The van der Waals surface area contributed by atoms with E-state index in [4.69, 9.17) is 0 Å². The maximum atomic E-state index is 12.4. The molecule has 0 saturated heterocycles. The Morgan fingerprint density at radius 1 is 1.03 bits per heavy atom. The van der Waals surface area contributed by atoms with E-state index < -0.39 is 32.5 Å². The third kappa shape index (κ3) is 5.18. The van der Waals surface area contributed by atoms with Crippen molar-refractivity contribution in [3.8, 4) is 0 Å². The Labute approximate surface area is 177 Å². The van der Waals surface area contributed by atoms with Gasteiger partial charge in [0.05, 0.1) is 11.4 Å². The van der Waals surface area contributed by atoms with E-state index in [0.717, 1.165) is 15.6 Å². The van der Waals surface area contributed by atoms with Crippen molar-refractivity contribution in [1.29, 1.82) is 0 Å². The van der Waals surface area contributed by atoms with Crippen LogP contribution in [-0.2, 0) is 24.8 Å². The molecule has 2 N–H and O–H groups in total. The molecule has 0 aliphatic heterocycles. The maximum Gasteiger partial charge on any atom is 0.264 e. The molecule has 13 heteroatoms. The van der Waals surface area contributed by atoms with Crippen molar-refractivity contribution in [1.82, 2.24) is 14.3 Å². The van der Waals surface area contributed by atoms with E-state index in [9.17, 15) is 21.6 Å². The summed E-state index contributed by atoms with van der Waals surface area (Å²) in [7, 11) is -6.34. The number of thiophene rings is 1. The summed E-state index contributed by atoms with van der Waals surface area (Å²) in [5.41, 5.74) is 0.317. The molecule has 1 aromatic carbocycles. The molecule has 0 bridgehead atoms. The van der Waals surface area contributed by atoms with Crippen LogP contribution in [0, 0.1) is 0 Å². The number of nitrogens with zero attached hydrogens (tertiary/aromatic N) is 3. The van der Waals surface area contributed by atoms with Gasteiger partial charge in [-0.2, -0.15) is 4.31 Å². The van der Waals surface area contributed by atoms with E-state index in [0.29, 0.717) is 5.69 Å². The van der Waals surface area contributed by atoms with Crippen LogP contribution in [0.25, 0.3) is 0 Å². The first-order valence-corrected chi connectivity index (χ1v) is 12.2. The van der Waals surface area contributed by atoms with E-state index in [-0.39, 0.29) is 15.1 Å². The maximum absolute atomic E-state index is 12.4. The fraction of sp³-hybridized carbons (Fsp3) is 0.118. The monoisotopic (exact) mass is 467 g/mol. The Bertz CT molecular complexity index is 1210. The summed E-state index contributed by atoms with van der Waals surface area (Å²) in [6.45, 7) is -0.396. The van der Waals surface area contributed by atoms with Gasteiger partial charge in [-0.25, -0.2) is 31.5 Å². The zero-order valence-corrected chi connectivity index (χ0v) is 18.0. The lowest BCUT2D eigenvalue weighted by atomic mass is 10.3. The molecule has 0 radical (unpaired) electrons. The van der Waals surface area contributed by atoms with Crippen LogP contribution < -0.4 is 10.0 Å². The molecule has 2 aromatic heterocycles. The van der Waals surface area contributed by atoms with E-state index in [1.807, 2.05) is 0 Å². The van der Waals surface area contributed by atoms with Crippen molar-refractivity contribution in [2.45, 2.75) is 9.10 Å². The number of anilines is 2. The largest absolute Gasteiger partial charge is 0.325 e. The van der Waals surface area contributed by atoms with Crippen LogP contribution in [0.1, 0.15) is 0 Å². The number of rotatable bonds is 8. The summed E-state index contributed by atoms with van der Waals surface area (Å²) < 4.78 is 52.7. The van der Waals surface area contributed by atoms with Gasteiger partial charge in [0.2, 0.25) is 11.9 Å². The molecule has 0 unspecified atom stereocenters. The minimum Gasteiger partial charge on any atom is -0.325 e. The lowest BCUT2D eigenvalue weighted by molar-refractivity contribution is -0.116. The van der Waals surface area contributed by atoms with E-state index in [2.05, 4.69) is 20.0 Å².